The molecule has 1 nitrogen and oxygen atoms in total. The Bertz CT molecular complexity index is 112. The number of hydrogen-bond donors (Lipinski definition) is 0. The van der Waals surface area contributed by atoms with Gasteiger partial charge in [-0.3, -0.25) is 4.99 Å². The Kier molecular flexibility index (Phi) is 3.85. The lowest BCUT2D eigenvalue weighted by Gasteiger charge is -1.85. The van der Waals surface area contributed by atoms with E-state index in [1.807, 2.05) is 6.92 Å². The summed E-state index contributed by atoms with van der Waals surface area (Å²) < 4.78 is 0. The van der Waals surface area contributed by atoms with Gasteiger partial charge in [-0.2, -0.15) is 0 Å². The van der Waals surface area contributed by atoms with E-state index in [2.05, 4.69) is 18.2 Å². The third kappa shape index (κ3) is 3.34. The summed E-state index contributed by atoms with van der Waals surface area (Å²) in [7, 11) is 0. The first-order valence-corrected chi connectivity index (χ1v) is 2.63. The zero-order valence-electron chi connectivity index (χ0n) is 5.22. The lowest BCUT2D eigenvalue weighted by atomic mass is 10.3. The molecule has 0 aromatic rings. The van der Waals surface area contributed by atoms with Gasteiger partial charge in [0, 0.05) is 12.4 Å². The molecule has 0 N–H and O–H groups in total. The lowest BCUT2D eigenvalue weighted by Crippen LogP contribution is -1.75. The molecular weight excluding hydrogens is 98.1 g/mol. The van der Waals surface area contributed by atoms with Crippen LogP contribution in [0.15, 0.2) is 29.9 Å². The highest BCUT2D eigenvalue weighted by Gasteiger charge is 1.77. The van der Waals surface area contributed by atoms with Crippen LogP contribution in [0, 0.1) is 0 Å². The van der Waals surface area contributed by atoms with Gasteiger partial charge in [-0.25, -0.2) is 0 Å². The van der Waals surface area contributed by atoms with E-state index >= 15 is 0 Å². The average Bonchev–Trinajstić information content (AvgIpc) is 1.83. The van der Waals surface area contributed by atoms with E-state index in [0.717, 1.165) is 12.0 Å². The van der Waals surface area contributed by atoms with Crippen molar-refractivity contribution in [2.24, 2.45) is 4.99 Å². The summed E-state index contributed by atoms with van der Waals surface area (Å²) in [6.07, 6.45) is 4.17. The topological polar surface area (TPSA) is 12.4 Å². The molecule has 0 aliphatic heterocycles. The second-order valence-electron chi connectivity index (χ2n) is 1.47. The Labute approximate surface area is 50.4 Å². The maximum Gasteiger partial charge on any atom is 0.0293 e. The van der Waals surface area contributed by atoms with Crippen LogP contribution in [0.25, 0.3) is 0 Å². The van der Waals surface area contributed by atoms with Crippen LogP contribution in [0.2, 0.25) is 0 Å². The standard InChI is InChI=1S/C7H11N/c1-4-7(3)6-8-5-2/h5-6H,2-4H2,1H3. The number of aliphatic imine (C=N–C) groups is 1. The van der Waals surface area contributed by atoms with Gasteiger partial charge in [-0.05, 0) is 12.0 Å². The summed E-state index contributed by atoms with van der Waals surface area (Å²) in [5, 5.41) is 0. The second-order valence-corrected chi connectivity index (χ2v) is 1.47. The van der Waals surface area contributed by atoms with Crippen LogP contribution in [0.4, 0.5) is 0 Å². The van der Waals surface area contributed by atoms with Crippen molar-refractivity contribution < 1.29 is 0 Å². The molecular formula is C7H11N. The average molecular weight is 109 g/mol. The van der Waals surface area contributed by atoms with E-state index < -0.39 is 0 Å². The predicted molar refractivity (Wildman–Crippen MR) is 38.1 cm³/mol. The van der Waals surface area contributed by atoms with E-state index in [-0.39, 0.29) is 0 Å². The quantitative estimate of drug-likeness (QED) is 0.492. The molecule has 44 valence electrons. The molecule has 0 saturated heterocycles. The summed E-state index contributed by atoms with van der Waals surface area (Å²) in [5.41, 5.74) is 1.03. The third-order valence-electron chi connectivity index (χ3n) is 0.817. The SMILES string of the molecule is C=CN=CC(=C)CC. The van der Waals surface area contributed by atoms with E-state index in [1.54, 1.807) is 6.21 Å². The van der Waals surface area contributed by atoms with Crippen molar-refractivity contribution in [1.82, 2.24) is 0 Å². The van der Waals surface area contributed by atoms with Crippen molar-refractivity contribution in [2.75, 3.05) is 0 Å². The molecule has 0 bridgehead atoms. The van der Waals surface area contributed by atoms with Crippen molar-refractivity contribution in [3.05, 3.63) is 24.9 Å². The van der Waals surface area contributed by atoms with Crippen LogP contribution in [-0.4, -0.2) is 6.21 Å². The molecule has 0 aromatic carbocycles. The Hall–Kier alpha value is -0.850. The molecule has 0 aliphatic rings. The highest BCUT2D eigenvalue weighted by atomic mass is 14.7. The molecule has 0 amide bonds. The molecule has 0 atom stereocenters. The smallest absolute Gasteiger partial charge is 0.0293 e. The normalized spacial score (nSPS) is 9.62. The van der Waals surface area contributed by atoms with Crippen LogP contribution >= 0.6 is 0 Å². The fourth-order valence-electron chi connectivity index (χ4n) is 0.249. The van der Waals surface area contributed by atoms with Gasteiger partial charge in [0.25, 0.3) is 0 Å². The van der Waals surface area contributed by atoms with Gasteiger partial charge in [-0.1, -0.05) is 20.1 Å². The van der Waals surface area contributed by atoms with Crippen LogP contribution < -0.4 is 0 Å². The largest absolute Gasteiger partial charge is 0.265 e. The van der Waals surface area contributed by atoms with Gasteiger partial charge in [0.15, 0.2) is 0 Å². The van der Waals surface area contributed by atoms with Crippen molar-refractivity contribution in [1.29, 1.82) is 0 Å². The first-order chi connectivity index (χ1) is 3.81. The zero-order valence-corrected chi connectivity index (χ0v) is 5.22. The van der Waals surface area contributed by atoms with Crippen molar-refractivity contribution in [2.45, 2.75) is 13.3 Å². The number of nitrogens with zero attached hydrogens (tertiary/aromatic N) is 1. The van der Waals surface area contributed by atoms with Crippen LogP contribution in [0.1, 0.15) is 13.3 Å². The number of allylic oxidation sites excluding steroid dienone is 1. The Morgan fingerprint density at radius 1 is 1.75 bits per heavy atom. The van der Waals surface area contributed by atoms with E-state index in [0.29, 0.717) is 0 Å². The molecule has 8 heavy (non-hydrogen) atoms. The summed E-state index contributed by atoms with van der Waals surface area (Å²) in [5.74, 6) is 0. The fraction of sp³-hybridized carbons (Fsp3) is 0.286. The van der Waals surface area contributed by atoms with Crippen LogP contribution in [0.5, 0.6) is 0 Å². The summed E-state index contributed by atoms with van der Waals surface area (Å²) in [6, 6.07) is 0. The van der Waals surface area contributed by atoms with Crippen molar-refractivity contribution in [3.8, 4) is 0 Å². The van der Waals surface area contributed by atoms with Gasteiger partial charge in [0.2, 0.25) is 0 Å². The Morgan fingerprint density at radius 3 is 2.75 bits per heavy atom. The lowest BCUT2D eigenvalue weighted by molar-refractivity contribution is 1.19. The fourth-order valence-corrected chi connectivity index (χ4v) is 0.249. The molecule has 0 heterocycles. The minimum atomic E-state index is 0.956. The number of rotatable bonds is 3. The molecule has 0 unspecified atom stereocenters. The Morgan fingerprint density at radius 2 is 2.38 bits per heavy atom. The molecule has 0 saturated carbocycles. The number of hydrogen-bond acceptors (Lipinski definition) is 1. The van der Waals surface area contributed by atoms with Gasteiger partial charge >= 0.3 is 0 Å². The van der Waals surface area contributed by atoms with Gasteiger partial charge < -0.3 is 0 Å². The summed E-state index contributed by atoms with van der Waals surface area (Å²) in [4.78, 5) is 3.78. The highest BCUT2D eigenvalue weighted by molar-refractivity contribution is 5.77. The first kappa shape index (κ1) is 7.15. The minimum absolute atomic E-state index is 0.956. The molecule has 0 aromatic heterocycles. The van der Waals surface area contributed by atoms with E-state index in [9.17, 15) is 0 Å². The molecule has 0 radical (unpaired) electrons. The first-order valence-electron chi connectivity index (χ1n) is 2.63. The Balaban J connectivity index is 3.52. The van der Waals surface area contributed by atoms with E-state index in [1.165, 1.54) is 6.20 Å². The molecule has 0 rings (SSSR count). The maximum atomic E-state index is 3.78. The highest BCUT2D eigenvalue weighted by Crippen LogP contribution is 1.89. The third-order valence-corrected chi connectivity index (χ3v) is 0.817. The van der Waals surface area contributed by atoms with Crippen LogP contribution in [-0.2, 0) is 0 Å². The monoisotopic (exact) mass is 109 g/mol. The minimum Gasteiger partial charge on any atom is -0.265 e. The molecule has 0 aliphatic carbocycles. The van der Waals surface area contributed by atoms with Crippen molar-refractivity contribution >= 4 is 6.21 Å². The van der Waals surface area contributed by atoms with Crippen LogP contribution in [0.3, 0.4) is 0 Å². The maximum absolute atomic E-state index is 3.78. The molecule has 1 heteroatoms. The summed E-state index contributed by atoms with van der Waals surface area (Å²) >= 11 is 0. The molecule has 0 fully saturated rings. The van der Waals surface area contributed by atoms with E-state index in [4.69, 9.17) is 0 Å². The van der Waals surface area contributed by atoms with Gasteiger partial charge in [-0.15, -0.1) is 0 Å². The summed E-state index contributed by atoms with van der Waals surface area (Å²) in [6.45, 7) is 9.18. The van der Waals surface area contributed by atoms with Crippen molar-refractivity contribution in [3.63, 3.8) is 0 Å². The zero-order chi connectivity index (χ0) is 6.41. The molecule has 0 spiro atoms. The van der Waals surface area contributed by atoms with Gasteiger partial charge in [0.05, 0.1) is 0 Å². The van der Waals surface area contributed by atoms with Gasteiger partial charge in [0.1, 0.15) is 0 Å². The second kappa shape index (κ2) is 4.31. The predicted octanol–water partition coefficient (Wildman–Crippen LogP) is 2.17.